The Balaban J connectivity index is 1.73. The second-order valence-corrected chi connectivity index (χ2v) is 8.02. The van der Waals surface area contributed by atoms with Gasteiger partial charge >= 0.3 is 6.18 Å². The van der Waals surface area contributed by atoms with E-state index in [1.807, 2.05) is 0 Å². The van der Waals surface area contributed by atoms with Crippen LogP contribution < -0.4 is 0 Å². The maximum atomic E-state index is 13.8. The highest BCUT2D eigenvalue weighted by atomic mass is 19.4. The van der Waals surface area contributed by atoms with Crippen LogP contribution in [0.25, 0.3) is 0 Å². The Morgan fingerprint density at radius 1 is 0.966 bits per heavy atom. The summed E-state index contributed by atoms with van der Waals surface area (Å²) in [5.74, 6) is -5.21. The highest BCUT2D eigenvalue weighted by molar-refractivity contribution is 6.05. The van der Waals surface area contributed by atoms with E-state index in [1.165, 1.54) is 38.1 Å². The first-order valence-corrected chi connectivity index (χ1v) is 9.10. The molecule has 0 aromatic heterocycles. The van der Waals surface area contributed by atoms with Gasteiger partial charge in [-0.1, -0.05) is 44.2 Å². The predicted molar refractivity (Wildman–Crippen MR) is 96.8 cm³/mol. The van der Waals surface area contributed by atoms with Crippen LogP contribution >= 0.6 is 0 Å². The third-order valence-corrected chi connectivity index (χ3v) is 5.27. The van der Waals surface area contributed by atoms with Gasteiger partial charge in [-0.15, -0.1) is 0 Å². The van der Waals surface area contributed by atoms with Gasteiger partial charge in [0.15, 0.2) is 11.6 Å². The average Bonchev–Trinajstić information content (AvgIpc) is 3.42. The standard InChI is InChI=1S/C22H19F5O2/c1-21(2,11-18(28)19-16(23)4-3-5-17(19)24)20(29)13-8-6-12(7-9-13)14-10-15(14)22(25,26)27/h3-9,14-15H,10-11H2,1-2H3/t14?,15-/m0/s1. The summed E-state index contributed by atoms with van der Waals surface area (Å²) >= 11 is 0. The zero-order valence-corrected chi connectivity index (χ0v) is 15.8. The Morgan fingerprint density at radius 3 is 2.00 bits per heavy atom. The lowest BCUT2D eigenvalue weighted by molar-refractivity contribution is -0.148. The molecule has 0 bridgehead atoms. The fourth-order valence-corrected chi connectivity index (χ4v) is 3.53. The second kappa shape index (κ2) is 7.35. The minimum atomic E-state index is -4.23. The van der Waals surface area contributed by atoms with Crippen molar-refractivity contribution in [3.05, 3.63) is 70.8 Å². The molecule has 1 unspecified atom stereocenters. The summed E-state index contributed by atoms with van der Waals surface area (Å²) in [5.41, 5.74) is -1.20. The van der Waals surface area contributed by atoms with Crippen molar-refractivity contribution in [3.63, 3.8) is 0 Å². The predicted octanol–water partition coefficient (Wildman–Crippen LogP) is 6.11. The van der Waals surface area contributed by atoms with Gasteiger partial charge in [0.2, 0.25) is 0 Å². The third-order valence-electron chi connectivity index (χ3n) is 5.27. The van der Waals surface area contributed by atoms with Crippen LogP contribution in [0, 0.1) is 23.0 Å². The van der Waals surface area contributed by atoms with Gasteiger partial charge in [-0.25, -0.2) is 8.78 Å². The molecule has 29 heavy (non-hydrogen) atoms. The van der Waals surface area contributed by atoms with Crippen molar-refractivity contribution in [1.29, 1.82) is 0 Å². The molecule has 3 rings (SSSR count). The van der Waals surface area contributed by atoms with E-state index in [9.17, 15) is 31.5 Å². The number of Topliss-reactive ketones (excluding diaryl/α,β-unsaturated/α-hetero) is 2. The zero-order valence-electron chi connectivity index (χ0n) is 15.8. The van der Waals surface area contributed by atoms with Crippen LogP contribution in [0.1, 0.15) is 58.9 Å². The molecule has 1 fully saturated rings. The van der Waals surface area contributed by atoms with Crippen LogP contribution in [0.3, 0.4) is 0 Å². The molecule has 7 heteroatoms. The molecule has 0 N–H and O–H groups in total. The summed E-state index contributed by atoms with van der Waals surface area (Å²) in [6.07, 6.45) is -4.61. The number of hydrogen-bond donors (Lipinski definition) is 0. The number of ketones is 2. The Bertz CT molecular complexity index is 924. The van der Waals surface area contributed by atoms with Gasteiger partial charge in [0.05, 0.1) is 11.5 Å². The van der Waals surface area contributed by atoms with Gasteiger partial charge in [0.1, 0.15) is 11.6 Å². The molecule has 0 aliphatic heterocycles. The van der Waals surface area contributed by atoms with Gasteiger partial charge in [0, 0.05) is 17.4 Å². The molecule has 0 amide bonds. The normalized spacial score (nSPS) is 19.1. The molecular formula is C22H19F5O2. The van der Waals surface area contributed by atoms with Crippen molar-refractivity contribution < 1.29 is 31.5 Å². The quantitative estimate of drug-likeness (QED) is 0.425. The molecule has 1 saturated carbocycles. The molecule has 2 nitrogen and oxygen atoms in total. The smallest absolute Gasteiger partial charge is 0.294 e. The van der Waals surface area contributed by atoms with Gasteiger partial charge in [-0.05, 0) is 30.0 Å². The van der Waals surface area contributed by atoms with Crippen LogP contribution in [0.5, 0.6) is 0 Å². The first kappa shape index (κ1) is 21.1. The maximum Gasteiger partial charge on any atom is 0.392 e. The molecule has 154 valence electrons. The molecule has 0 radical (unpaired) electrons. The minimum Gasteiger partial charge on any atom is -0.294 e. The van der Waals surface area contributed by atoms with Crippen molar-refractivity contribution in [2.45, 2.75) is 38.8 Å². The molecule has 2 atom stereocenters. The van der Waals surface area contributed by atoms with Crippen molar-refractivity contribution in [1.82, 2.24) is 0 Å². The molecule has 1 aliphatic carbocycles. The fraction of sp³-hybridized carbons (Fsp3) is 0.364. The second-order valence-electron chi connectivity index (χ2n) is 8.02. The molecular weight excluding hydrogens is 391 g/mol. The van der Waals surface area contributed by atoms with Crippen molar-refractivity contribution >= 4 is 11.6 Å². The number of hydrogen-bond acceptors (Lipinski definition) is 2. The summed E-state index contributed by atoms with van der Waals surface area (Å²) in [4.78, 5) is 25.2. The van der Waals surface area contributed by atoms with Crippen LogP contribution in [0.4, 0.5) is 22.0 Å². The molecule has 0 heterocycles. The van der Waals surface area contributed by atoms with Crippen molar-refractivity contribution in [2.24, 2.45) is 11.3 Å². The van der Waals surface area contributed by atoms with Crippen LogP contribution in [0.15, 0.2) is 42.5 Å². The molecule has 2 aromatic carbocycles. The molecule has 0 spiro atoms. The molecule has 0 saturated heterocycles. The zero-order chi connectivity index (χ0) is 21.6. The Hall–Kier alpha value is -2.57. The number of halogens is 5. The van der Waals surface area contributed by atoms with Gasteiger partial charge in [0.25, 0.3) is 0 Å². The number of carbonyl (C=O) groups is 2. The lowest BCUT2D eigenvalue weighted by Crippen LogP contribution is -2.28. The van der Waals surface area contributed by atoms with E-state index in [4.69, 9.17) is 0 Å². The van der Waals surface area contributed by atoms with E-state index in [0.29, 0.717) is 5.56 Å². The SMILES string of the molecule is CC(C)(CC(=O)c1c(F)cccc1F)C(=O)c1ccc(C2C[C@@H]2C(F)(F)F)cc1. The van der Waals surface area contributed by atoms with Gasteiger partial charge in [-0.3, -0.25) is 9.59 Å². The summed E-state index contributed by atoms with van der Waals surface area (Å²) in [5, 5.41) is 0. The Kier molecular flexibility index (Phi) is 5.36. The highest BCUT2D eigenvalue weighted by Crippen LogP contribution is 2.56. The van der Waals surface area contributed by atoms with E-state index < -0.39 is 58.6 Å². The number of carbonyl (C=O) groups excluding carboxylic acids is 2. The number of alkyl halides is 3. The van der Waals surface area contributed by atoms with Crippen molar-refractivity contribution in [2.75, 3.05) is 0 Å². The Morgan fingerprint density at radius 2 is 1.52 bits per heavy atom. The maximum absolute atomic E-state index is 13.8. The highest BCUT2D eigenvalue weighted by Gasteiger charge is 2.56. The molecule has 1 aliphatic rings. The fourth-order valence-electron chi connectivity index (χ4n) is 3.53. The van der Waals surface area contributed by atoms with E-state index >= 15 is 0 Å². The summed E-state index contributed by atoms with van der Waals surface area (Å²) < 4.78 is 65.8. The number of benzene rings is 2. The van der Waals surface area contributed by atoms with Crippen LogP contribution in [0.2, 0.25) is 0 Å². The van der Waals surface area contributed by atoms with Crippen LogP contribution in [-0.2, 0) is 0 Å². The lowest BCUT2D eigenvalue weighted by Gasteiger charge is -2.22. The van der Waals surface area contributed by atoms with Gasteiger partial charge in [-0.2, -0.15) is 13.2 Å². The van der Waals surface area contributed by atoms with E-state index in [-0.39, 0.29) is 12.0 Å². The van der Waals surface area contributed by atoms with Gasteiger partial charge < -0.3 is 0 Å². The third kappa shape index (κ3) is 4.38. The summed E-state index contributed by atoms with van der Waals surface area (Å²) in [6, 6.07) is 8.91. The minimum absolute atomic E-state index is 0.0327. The average molecular weight is 410 g/mol. The first-order valence-electron chi connectivity index (χ1n) is 9.10. The monoisotopic (exact) mass is 410 g/mol. The van der Waals surface area contributed by atoms with Crippen molar-refractivity contribution in [3.8, 4) is 0 Å². The lowest BCUT2D eigenvalue weighted by atomic mass is 9.78. The summed E-state index contributed by atoms with van der Waals surface area (Å²) in [6.45, 7) is 2.97. The largest absolute Gasteiger partial charge is 0.392 e. The topological polar surface area (TPSA) is 34.1 Å². The van der Waals surface area contributed by atoms with E-state index in [0.717, 1.165) is 18.2 Å². The number of rotatable bonds is 6. The van der Waals surface area contributed by atoms with E-state index in [2.05, 4.69) is 0 Å². The summed E-state index contributed by atoms with van der Waals surface area (Å²) in [7, 11) is 0. The molecule has 2 aromatic rings. The van der Waals surface area contributed by atoms with E-state index in [1.54, 1.807) is 0 Å². The first-order chi connectivity index (χ1) is 13.4. The Labute approximate surface area is 164 Å². The van der Waals surface area contributed by atoms with Crippen LogP contribution in [-0.4, -0.2) is 17.7 Å².